The SMILES string of the molecule is CCN(CC)C(CC)(CC)C(N)Cc1ccco1. The van der Waals surface area contributed by atoms with Crippen LogP contribution in [0, 0.1) is 0 Å². The zero-order valence-electron chi connectivity index (χ0n) is 12.3. The summed E-state index contributed by atoms with van der Waals surface area (Å²) >= 11 is 0. The zero-order valence-corrected chi connectivity index (χ0v) is 12.3. The summed E-state index contributed by atoms with van der Waals surface area (Å²) in [6.45, 7) is 11.0. The minimum Gasteiger partial charge on any atom is -0.469 e. The molecule has 3 nitrogen and oxygen atoms in total. The molecule has 0 radical (unpaired) electrons. The van der Waals surface area contributed by atoms with Gasteiger partial charge in [0.05, 0.1) is 6.26 Å². The van der Waals surface area contributed by atoms with Gasteiger partial charge in [0.25, 0.3) is 0 Å². The molecule has 0 aromatic carbocycles. The summed E-state index contributed by atoms with van der Waals surface area (Å²) in [4.78, 5) is 2.50. The Balaban J connectivity index is 2.88. The summed E-state index contributed by atoms with van der Waals surface area (Å²) in [5, 5.41) is 0. The maximum Gasteiger partial charge on any atom is 0.105 e. The highest BCUT2D eigenvalue weighted by atomic mass is 16.3. The highest BCUT2D eigenvalue weighted by Crippen LogP contribution is 2.28. The number of hydrogen-bond donors (Lipinski definition) is 1. The second kappa shape index (κ2) is 6.95. The van der Waals surface area contributed by atoms with Crippen molar-refractivity contribution >= 4 is 0 Å². The van der Waals surface area contributed by atoms with E-state index in [9.17, 15) is 0 Å². The molecule has 1 aromatic rings. The first-order valence-electron chi connectivity index (χ1n) is 7.17. The van der Waals surface area contributed by atoms with Gasteiger partial charge in [-0.2, -0.15) is 0 Å². The fourth-order valence-corrected chi connectivity index (χ4v) is 3.14. The average molecular weight is 252 g/mol. The lowest BCUT2D eigenvalue weighted by Gasteiger charge is -2.46. The lowest BCUT2D eigenvalue weighted by atomic mass is 9.81. The highest BCUT2D eigenvalue weighted by Gasteiger charge is 2.38. The minimum absolute atomic E-state index is 0.0797. The Labute approximate surface area is 111 Å². The van der Waals surface area contributed by atoms with Crippen molar-refractivity contribution in [1.29, 1.82) is 0 Å². The van der Waals surface area contributed by atoms with Crippen LogP contribution in [0.25, 0.3) is 0 Å². The first kappa shape index (κ1) is 15.3. The molecular weight excluding hydrogens is 224 g/mol. The summed E-state index contributed by atoms with van der Waals surface area (Å²) in [7, 11) is 0. The summed E-state index contributed by atoms with van der Waals surface area (Å²) in [5.74, 6) is 0.987. The maximum atomic E-state index is 6.52. The van der Waals surface area contributed by atoms with Crippen LogP contribution in [-0.2, 0) is 6.42 Å². The van der Waals surface area contributed by atoms with E-state index in [1.807, 2.05) is 12.1 Å². The standard InChI is InChI=1S/C15H28N2O/c1-5-15(6-2,17(7-3)8-4)14(16)12-13-10-9-11-18-13/h9-11,14H,5-8,12,16H2,1-4H3. The largest absolute Gasteiger partial charge is 0.469 e. The van der Waals surface area contributed by atoms with Gasteiger partial charge >= 0.3 is 0 Å². The van der Waals surface area contributed by atoms with Crippen molar-refractivity contribution in [3.63, 3.8) is 0 Å². The Morgan fingerprint density at radius 2 is 1.83 bits per heavy atom. The third kappa shape index (κ3) is 2.96. The van der Waals surface area contributed by atoms with Gasteiger partial charge in [0.1, 0.15) is 5.76 Å². The van der Waals surface area contributed by atoms with E-state index >= 15 is 0 Å². The smallest absolute Gasteiger partial charge is 0.105 e. The molecule has 1 atom stereocenters. The summed E-state index contributed by atoms with van der Waals surface area (Å²) in [5.41, 5.74) is 6.60. The number of furan rings is 1. The van der Waals surface area contributed by atoms with Crippen molar-refractivity contribution < 1.29 is 4.42 Å². The predicted octanol–water partition coefficient (Wildman–Crippen LogP) is 3.05. The molecule has 0 saturated carbocycles. The minimum atomic E-state index is 0.0797. The molecule has 0 aliphatic carbocycles. The fraction of sp³-hybridized carbons (Fsp3) is 0.733. The Morgan fingerprint density at radius 3 is 2.22 bits per heavy atom. The van der Waals surface area contributed by atoms with Crippen molar-refractivity contribution in [3.8, 4) is 0 Å². The summed E-state index contributed by atoms with van der Waals surface area (Å²) < 4.78 is 5.44. The normalized spacial score (nSPS) is 14.1. The molecule has 0 aliphatic heterocycles. The summed E-state index contributed by atoms with van der Waals surface area (Å²) in [6.07, 6.45) is 4.68. The van der Waals surface area contributed by atoms with Crippen LogP contribution in [0.5, 0.6) is 0 Å². The molecule has 1 unspecified atom stereocenters. The van der Waals surface area contributed by atoms with Gasteiger partial charge in [-0.05, 0) is 38.1 Å². The third-order valence-electron chi connectivity index (χ3n) is 4.31. The maximum absolute atomic E-state index is 6.52. The van der Waals surface area contributed by atoms with Crippen molar-refractivity contribution in [1.82, 2.24) is 4.90 Å². The topological polar surface area (TPSA) is 42.4 Å². The highest BCUT2D eigenvalue weighted by molar-refractivity contribution is 5.06. The van der Waals surface area contributed by atoms with Gasteiger partial charge in [0.15, 0.2) is 0 Å². The lowest BCUT2D eigenvalue weighted by molar-refractivity contribution is 0.0612. The van der Waals surface area contributed by atoms with E-state index in [1.54, 1.807) is 6.26 Å². The fourth-order valence-electron chi connectivity index (χ4n) is 3.14. The van der Waals surface area contributed by atoms with Gasteiger partial charge in [-0.1, -0.05) is 27.7 Å². The molecule has 104 valence electrons. The van der Waals surface area contributed by atoms with Crippen molar-refractivity contribution in [2.45, 2.75) is 58.5 Å². The lowest BCUT2D eigenvalue weighted by Crippen LogP contribution is -2.60. The van der Waals surface area contributed by atoms with Crippen LogP contribution < -0.4 is 5.73 Å². The molecule has 1 rings (SSSR count). The number of likely N-dealkylation sites (N-methyl/N-ethyl adjacent to an activating group) is 1. The quantitative estimate of drug-likeness (QED) is 0.773. The van der Waals surface area contributed by atoms with Gasteiger partial charge in [0, 0.05) is 18.0 Å². The van der Waals surface area contributed by atoms with Crippen LogP contribution in [0.3, 0.4) is 0 Å². The van der Waals surface area contributed by atoms with E-state index in [2.05, 4.69) is 32.6 Å². The van der Waals surface area contributed by atoms with Crippen molar-refractivity contribution in [2.24, 2.45) is 5.73 Å². The molecule has 0 saturated heterocycles. The van der Waals surface area contributed by atoms with E-state index in [4.69, 9.17) is 10.2 Å². The van der Waals surface area contributed by atoms with Crippen LogP contribution in [-0.4, -0.2) is 29.6 Å². The van der Waals surface area contributed by atoms with Crippen LogP contribution in [0.15, 0.2) is 22.8 Å². The van der Waals surface area contributed by atoms with E-state index in [-0.39, 0.29) is 11.6 Å². The number of rotatable bonds is 8. The molecule has 0 spiro atoms. The Kier molecular flexibility index (Phi) is 5.89. The number of nitrogens with two attached hydrogens (primary N) is 1. The van der Waals surface area contributed by atoms with Crippen molar-refractivity contribution in [3.05, 3.63) is 24.2 Å². The zero-order chi connectivity index (χ0) is 13.6. The molecule has 3 heteroatoms. The molecule has 1 aromatic heterocycles. The van der Waals surface area contributed by atoms with E-state index in [0.29, 0.717) is 0 Å². The van der Waals surface area contributed by atoms with Crippen LogP contribution >= 0.6 is 0 Å². The van der Waals surface area contributed by atoms with Gasteiger partial charge in [-0.15, -0.1) is 0 Å². The molecular formula is C15H28N2O. The Bertz CT molecular complexity index is 313. The first-order chi connectivity index (χ1) is 8.64. The number of nitrogens with zero attached hydrogens (tertiary/aromatic N) is 1. The molecule has 0 bridgehead atoms. The monoisotopic (exact) mass is 252 g/mol. The molecule has 2 N–H and O–H groups in total. The second-order valence-electron chi connectivity index (χ2n) is 4.87. The van der Waals surface area contributed by atoms with Crippen molar-refractivity contribution in [2.75, 3.05) is 13.1 Å². The Hall–Kier alpha value is -0.800. The summed E-state index contributed by atoms with van der Waals surface area (Å²) in [6, 6.07) is 4.05. The van der Waals surface area contributed by atoms with Gasteiger partial charge < -0.3 is 10.2 Å². The molecule has 0 aliphatic rings. The molecule has 0 fully saturated rings. The van der Waals surface area contributed by atoms with Crippen LogP contribution in [0.2, 0.25) is 0 Å². The van der Waals surface area contributed by atoms with E-state index < -0.39 is 0 Å². The van der Waals surface area contributed by atoms with E-state index in [1.165, 1.54) is 0 Å². The van der Waals surface area contributed by atoms with Gasteiger partial charge in [0.2, 0.25) is 0 Å². The predicted molar refractivity (Wildman–Crippen MR) is 76.6 cm³/mol. The number of hydrogen-bond acceptors (Lipinski definition) is 3. The molecule has 0 amide bonds. The second-order valence-corrected chi connectivity index (χ2v) is 4.87. The van der Waals surface area contributed by atoms with Gasteiger partial charge in [-0.3, -0.25) is 4.90 Å². The molecule has 18 heavy (non-hydrogen) atoms. The van der Waals surface area contributed by atoms with Crippen LogP contribution in [0.1, 0.15) is 46.3 Å². The third-order valence-corrected chi connectivity index (χ3v) is 4.31. The molecule has 1 heterocycles. The first-order valence-corrected chi connectivity index (χ1v) is 7.17. The Morgan fingerprint density at radius 1 is 1.22 bits per heavy atom. The van der Waals surface area contributed by atoms with E-state index in [0.717, 1.165) is 38.1 Å². The van der Waals surface area contributed by atoms with Crippen LogP contribution in [0.4, 0.5) is 0 Å². The van der Waals surface area contributed by atoms with Gasteiger partial charge in [-0.25, -0.2) is 0 Å². The average Bonchev–Trinajstić information content (AvgIpc) is 2.88.